The Balaban J connectivity index is 1.46. The minimum atomic E-state index is -0.514. The van der Waals surface area contributed by atoms with Crippen LogP contribution >= 0.6 is 0 Å². The fourth-order valence-corrected chi connectivity index (χ4v) is 4.11. The van der Waals surface area contributed by atoms with E-state index in [2.05, 4.69) is 5.32 Å². The molecule has 1 N–H and O–H groups in total. The predicted molar refractivity (Wildman–Crippen MR) is 114 cm³/mol. The van der Waals surface area contributed by atoms with Crippen LogP contribution in [0.15, 0.2) is 42.5 Å². The molecule has 1 unspecified atom stereocenters. The highest BCUT2D eigenvalue weighted by molar-refractivity contribution is 6.04. The molecule has 31 heavy (non-hydrogen) atoms. The number of fused-ring (bicyclic) bond motifs is 1. The Hall–Kier alpha value is -3.26. The van der Waals surface area contributed by atoms with E-state index in [0.717, 1.165) is 24.1 Å². The van der Waals surface area contributed by atoms with E-state index in [9.17, 15) is 18.8 Å². The Labute approximate surface area is 179 Å². The Kier molecular flexibility index (Phi) is 5.99. The highest BCUT2D eigenvalue weighted by Crippen LogP contribution is 2.31. The molecule has 0 radical (unpaired) electrons. The van der Waals surface area contributed by atoms with Crippen molar-refractivity contribution in [2.24, 2.45) is 5.92 Å². The Bertz CT molecular complexity index is 1010. The molecule has 1 fully saturated rings. The summed E-state index contributed by atoms with van der Waals surface area (Å²) in [6.07, 6.45) is 1.83. The molecule has 3 amide bonds. The summed E-state index contributed by atoms with van der Waals surface area (Å²) in [7, 11) is 1.48. The molecule has 2 aromatic carbocycles. The smallest absolute Gasteiger partial charge is 0.252 e. The van der Waals surface area contributed by atoms with Crippen LogP contribution in [0.2, 0.25) is 0 Å². The second-order valence-electron chi connectivity index (χ2n) is 7.80. The molecule has 7 nitrogen and oxygen atoms in total. The van der Waals surface area contributed by atoms with Crippen LogP contribution in [0.25, 0.3) is 0 Å². The molecule has 0 aliphatic carbocycles. The second-order valence-corrected chi connectivity index (χ2v) is 7.80. The minimum absolute atomic E-state index is 0.000563. The van der Waals surface area contributed by atoms with E-state index in [1.165, 1.54) is 36.3 Å². The summed E-state index contributed by atoms with van der Waals surface area (Å²) < 4.78 is 18.1. The molecule has 4 rings (SSSR count). The van der Waals surface area contributed by atoms with Crippen molar-refractivity contribution in [1.29, 1.82) is 0 Å². The highest BCUT2D eigenvalue weighted by Gasteiger charge is 2.35. The number of hydrogen-bond acceptors (Lipinski definition) is 4. The van der Waals surface area contributed by atoms with E-state index in [0.29, 0.717) is 17.9 Å². The number of benzene rings is 2. The van der Waals surface area contributed by atoms with Crippen molar-refractivity contribution in [3.05, 3.63) is 53.8 Å². The summed E-state index contributed by atoms with van der Waals surface area (Å²) in [5, 5.41) is 2.88. The van der Waals surface area contributed by atoms with Crippen LogP contribution in [-0.4, -0.2) is 44.5 Å². The lowest BCUT2D eigenvalue weighted by Gasteiger charge is -2.30. The van der Waals surface area contributed by atoms with Crippen LogP contribution in [-0.2, 0) is 25.5 Å². The highest BCUT2D eigenvalue weighted by atomic mass is 19.1. The maximum Gasteiger partial charge on any atom is 0.252 e. The van der Waals surface area contributed by atoms with E-state index in [1.807, 2.05) is 12.1 Å². The third kappa shape index (κ3) is 4.44. The number of anilines is 3. The maximum atomic E-state index is 13.2. The van der Waals surface area contributed by atoms with Gasteiger partial charge < -0.3 is 19.9 Å². The maximum absolute atomic E-state index is 13.2. The number of amides is 3. The summed E-state index contributed by atoms with van der Waals surface area (Å²) in [6.45, 7) is 0.843. The van der Waals surface area contributed by atoms with Crippen molar-refractivity contribution >= 4 is 34.8 Å². The van der Waals surface area contributed by atoms with Gasteiger partial charge in [-0.05, 0) is 54.8 Å². The van der Waals surface area contributed by atoms with E-state index in [4.69, 9.17) is 4.74 Å². The van der Waals surface area contributed by atoms with Gasteiger partial charge in [0.2, 0.25) is 11.8 Å². The monoisotopic (exact) mass is 425 g/mol. The zero-order valence-electron chi connectivity index (χ0n) is 17.3. The first kappa shape index (κ1) is 21.0. The molecule has 0 spiro atoms. The lowest BCUT2D eigenvalue weighted by molar-refractivity contribution is -0.122. The van der Waals surface area contributed by atoms with Gasteiger partial charge in [-0.1, -0.05) is 6.07 Å². The number of carbonyl (C=O) groups is 3. The molecule has 0 aromatic heterocycles. The van der Waals surface area contributed by atoms with E-state index in [1.54, 1.807) is 11.0 Å². The first-order valence-electron chi connectivity index (χ1n) is 10.3. The summed E-state index contributed by atoms with van der Waals surface area (Å²) in [4.78, 5) is 40.8. The number of nitrogens with one attached hydrogen (secondary N) is 1. The third-order valence-electron chi connectivity index (χ3n) is 5.67. The number of rotatable bonds is 5. The van der Waals surface area contributed by atoms with Gasteiger partial charge in [0, 0.05) is 43.7 Å². The fourth-order valence-electron chi connectivity index (χ4n) is 4.11. The number of methoxy groups -OCH3 is 1. The lowest BCUT2D eigenvalue weighted by Crippen LogP contribution is -2.37. The molecule has 2 heterocycles. The Morgan fingerprint density at radius 3 is 2.71 bits per heavy atom. The van der Waals surface area contributed by atoms with Crippen LogP contribution in [0, 0.1) is 11.7 Å². The van der Waals surface area contributed by atoms with E-state index in [-0.39, 0.29) is 43.1 Å². The number of halogens is 1. The summed E-state index contributed by atoms with van der Waals surface area (Å²) in [5.41, 5.74) is 2.98. The van der Waals surface area contributed by atoms with Crippen molar-refractivity contribution in [2.75, 3.05) is 41.9 Å². The third-order valence-corrected chi connectivity index (χ3v) is 5.67. The standard InChI is InChI=1S/C23H24FN3O4/c1-31-14-22(29)26-10-2-3-15-4-7-18(12-20(15)26)25-23(30)16-11-21(28)27(13-16)19-8-5-17(24)6-9-19/h4-9,12,16H,2-3,10-11,13-14H2,1H3,(H,25,30). The quantitative estimate of drug-likeness (QED) is 0.799. The molecule has 0 bridgehead atoms. The minimum Gasteiger partial charge on any atom is -0.375 e. The molecular formula is C23H24FN3O4. The van der Waals surface area contributed by atoms with Crippen LogP contribution in [0.5, 0.6) is 0 Å². The van der Waals surface area contributed by atoms with Crippen molar-refractivity contribution in [2.45, 2.75) is 19.3 Å². The molecule has 0 saturated carbocycles. The van der Waals surface area contributed by atoms with Crippen LogP contribution < -0.4 is 15.1 Å². The second kappa shape index (κ2) is 8.85. The van der Waals surface area contributed by atoms with Gasteiger partial charge in [-0.3, -0.25) is 14.4 Å². The fraction of sp³-hybridized carbons (Fsp3) is 0.348. The Morgan fingerprint density at radius 2 is 1.97 bits per heavy atom. The zero-order valence-corrected chi connectivity index (χ0v) is 17.3. The number of carbonyl (C=O) groups excluding carboxylic acids is 3. The number of hydrogen-bond donors (Lipinski definition) is 1. The average molecular weight is 425 g/mol. The van der Waals surface area contributed by atoms with Crippen molar-refractivity contribution in [3.8, 4) is 0 Å². The predicted octanol–water partition coefficient (Wildman–Crippen LogP) is 2.74. The van der Waals surface area contributed by atoms with Gasteiger partial charge in [-0.2, -0.15) is 0 Å². The van der Waals surface area contributed by atoms with Gasteiger partial charge in [-0.15, -0.1) is 0 Å². The Morgan fingerprint density at radius 1 is 1.19 bits per heavy atom. The molecule has 2 aliphatic rings. The number of ether oxygens (including phenoxy) is 1. The molecular weight excluding hydrogens is 401 g/mol. The molecule has 1 atom stereocenters. The number of aryl methyl sites for hydroxylation is 1. The van der Waals surface area contributed by atoms with Gasteiger partial charge in [0.05, 0.1) is 5.92 Å². The summed E-state index contributed by atoms with van der Waals surface area (Å²) in [6, 6.07) is 11.2. The average Bonchev–Trinajstić information content (AvgIpc) is 3.16. The van der Waals surface area contributed by atoms with E-state index >= 15 is 0 Å². The van der Waals surface area contributed by atoms with Crippen LogP contribution in [0.4, 0.5) is 21.5 Å². The first-order valence-corrected chi connectivity index (χ1v) is 10.3. The largest absolute Gasteiger partial charge is 0.375 e. The number of nitrogens with zero attached hydrogens (tertiary/aromatic N) is 2. The zero-order chi connectivity index (χ0) is 22.0. The molecule has 2 aliphatic heterocycles. The molecule has 2 aromatic rings. The van der Waals surface area contributed by atoms with Crippen molar-refractivity contribution in [1.82, 2.24) is 0 Å². The topological polar surface area (TPSA) is 79.0 Å². The van der Waals surface area contributed by atoms with Gasteiger partial charge in [0.25, 0.3) is 5.91 Å². The summed E-state index contributed by atoms with van der Waals surface area (Å²) >= 11 is 0. The van der Waals surface area contributed by atoms with Crippen molar-refractivity contribution in [3.63, 3.8) is 0 Å². The van der Waals surface area contributed by atoms with Gasteiger partial charge >= 0.3 is 0 Å². The summed E-state index contributed by atoms with van der Waals surface area (Å²) in [5.74, 6) is -1.45. The van der Waals surface area contributed by atoms with E-state index < -0.39 is 5.92 Å². The molecule has 162 valence electrons. The van der Waals surface area contributed by atoms with Gasteiger partial charge in [-0.25, -0.2) is 4.39 Å². The van der Waals surface area contributed by atoms with Crippen LogP contribution in [0.3, 0.4) is 0 Å². The normalized spacial score (nSPS) is 18.1. The molecule has 8 heteroatoms. The SMILES string of the molecule is COCC(=O)N1CCCc2ccc(NC(=O)C3CC(=O)N(c4ccc(F)cc4)C3)cc21. The van der Waals surface area contributed by atoms with Gasteiger partial charge in [0.15, 0.2) is 0 Å². The van der Waals surface area contributed by atoms with Gasteiger partial charge in [0.1, 0.15) is 12.4 Å². The van der Waals surface area contributed by atoms with Crippen LogP contribution in [0.1, 0.15) is 18.4 Å². The van der Waals surface area contributed by atoms with Crippen molar-refractivity contribution < 1.29 is 23.5 Å². The molecule has 1 saturated heterocycles. The lowest BCUT2D eigenvalue weighted by atomic mass is 10.0. The first-order chi connectivity index (χ1) is 15.0.